The van der Waals surface area contributed by atoms with Crippen LogP contribution in [0.5, 0.6) is 0 Å². The molecule has 124 valence electrons. The van der Waals surface area contributed by atoms with Crippen molar-refractivity contribution < 1.29 is 0 Å². The second-order valence-corrected chi connectivity index (χ2v) is 6.23. The van der Waals surface area contributed by atoms with Gasteiger partial charge in [-0.05, 0) is 53.0 Å². The third-order valence-electron chi connectivity index (χ3n) is 3.72. The van der Waals surface area contributed by atoms with Gasteiger partial charge in [-0.25, -0.2) is 4.68 Å². The molecule has 0 radical (unpaired) electrons. The molecule has 5 nitrogen and oxygen atoms in total. The van der Waals surface area contributed by atoms with E-state index in [1.54, 1.807) is 9.36 Å². The lowest BCUT2D eigenvalue weighted by Gasteiger charge is -2.19. The van der Waals surface area contributed by atoms with E-state index in [9.17, 15) is 0 Å². The van der Waals surface area contributed by atoms with Gasteiger partial charge in [-0.15, -0.1) is 0 Å². The van der Waals surface area contributed by atoms with Gasteiger partial charge in [0.15, 0.2) is 0 Å². The van der Waals surface area contributed by atoms with Crippen LogP contribution in [-0.2, 0) is 13.2 Å². The van der Waals surface area contributed by atoms with Gasteiger partial charge in [-0.2, -0.15) is 4.68 Å². The maximum atomic E-state index is 6.04. The Kier molecular flexibility index (Phi) is 5.40. The number of hydrogen-bond acceptors (Lipinski definition) is 4. The van der Waals surface area contributed by atoms with Gasteiger partial charge < -0.3 is 0 Å². The van der Waals surface area contributed by atoms with E-state index in [0.29, 0.717) is 16.5 Å². The number of halogens is 1. The van der Waals surface area contributed by atoms with Crippen molar-refractivity contribution in [3.63, 3.8) is 0 Å². The summed E-state index contributed by atoms with van der Waals surface area (Å²) in [5.41, 5.74) is 2.07. The molecular formula is C17H18ClN5S. The highest BCUT2D eigenvalue weighted by Crippen LogP contribution is 2.14. The Balaban J connectivity index is 1.79. The van der Waals surface area contributed by atoms with Gasteiger partial charge in [0.2, 0.25) is 4.77 Å². The van der Waals surface area contributed by atoms with Crippen molar-refractivity contribution in [3.05, 3.63) is 70.0 Å². The van der Waals surface area contributed by atoms with Crippen LogP contribution >= 0.6 is 23.8 Å². The van der Waals surface area contributed by atoms with Gasteiger partial charge in [0, 0.05) is 11.6 Å². The highest BCUT2D eigenvalue weighted by atomic mass is 35.5. The van der Waals surface area contributed by atoms with E-state index >= 15 is 0 Å². The van der Waals surface area contributed by atoms with Crippen molar-refractivity contribution >= 4 is 23.8 Å². The van der Waals surface area contributed by atoms with Crippen LogP contribution < -0.4 is 0 Å². The lowest BCUT2D eigenvalue weighted by atomic mass is 10.2. The summed E-state index contributed by atoms with van der Waals surface area (Å²) in [6.45, 7) is 4.43. The molecule has 0 saturated carbocycles. The number of aromatic nitrogens is 4. The third-order valence-corrected chi connectivity index (χ3v) is 4.34. The summed E-state index contributed by atoms with van der Waals surface area (Å²) in [7, 11) is 0. The van der Waals surface area contributed by atoms with E-state index in [1.807, 2.05) is 42.5 Å². The van der Waals surface area contributed by atoms with E-state index in [-0.39, 0.29) is 0 Å². The molecule has 3 rings (SSSR count). The SMILES string of the molecule is CCN(Cc1ccccc1)Cn1nnn(-c2cccc(Cl)c2)c1=S. The third kappa shape index (κ3) is 3.90. The zero-order valence-corrected chi connectivity index (χ0v) is 14.9. The van der Waals surface area contributed by atoms with Crippen LogP contribution in [0, 0.1) is 4.77 Å². The largest absolute Gasteiger partial charge is 0.280 e. The quantitative estimate of drug-likeness (QED) is 0.625. The molecule has 0 N–H and O–H groups in total. The first kappa shape index (κ1) is 16.8. The smallest absolute Gasteiger partial charge is 0.221 e. The minimum atomic E-state index is 0.545. The van der Waals surface area contributed by atoms with Gasteiger partial charge in [0.25, 0.3) is 0 Å². The fourth-order valence-corrected chi connectivity index (χ4v) is 2.85. The van der Waals surface area contributed by atoms with Crippen LogP contribution in [0.1, 0.15) is 12.5 Å². The van der Waals surface area contributed by atoms with Crippen LogP contribution in [0.15, 0.2) is 54.6 Å². The second kappa shape index (κ2) is 7.70. The average Bonchev–Trinajstić information content (AvgIpc) is 2.96. The van der Waals surface area contributed by atoms with Gasteiger partial charge in [-0.1, -0.05) is 54.9 Å². The van der Waals surface area contributed by atoms with E-state index in [2.05, 4.69) is 34.4 Å². The van der Waals surface area contributed by atoms with Gasteiger partial charge in [0.05, 0.1) is 12.4 Å². The lowest BCUT2D eigenvalue weighted by Crippen LogP contribution is -2.26. The number of tetrazole rings is 1. The summed E-state index contributed by atoms with van der Waals surface area (Å²) in [5.74, 6) is 0. The Bertz CT molecular complexity index is 859. The fourth-order valence-electron chi connectivity index (χ4n) is 2.43. The monoisotopic (exact) mass is 359 g/mol. The molecule has 1 aromatic heterocycles. The maximum absolute atomic E-state index is 6.04. The normalized spacial score (nSPS) is 11.1. The molecule has 0 saturated heterocycles. The maximum Gasteiger partial charge on any atom is 0.221 e. The Hall–Kier alpha value is -2.02. The molecular weight excluding hydrogens is 342 g/mol. The fraction of sp³-hybridized carbons (Fsp3) is 0.235. The highest BCUT2D eigenvalue weighted by molar-refractivity contribution is 7.71. The van der Waals surface area contributed by atoms with E-state index in [1.165, 1.54) is 5.56 Å². The Morgan fingerprint density at radius 1 is 1.08 bits per heavy atom. The molecule has 0 aliphatic carbocycles. The lowest BCUT2D eigenvalue weighted by molar-refractivity contribution is 0.205. The molecule has 2 aromatic carbocycles. The molecule has 3 aromatic rings. The second-order valence-electron chi connectivity index (χ2n) is 5.42. The zero-order chi connectivity index (χ0) is 16.9. The molecule has 0 atom stereocenters. The van der Waals surface area contributed by atoms with E-state index in [4.69, 9.17) is 23.8 Å². The first-order chi connectivity index (χ1) is 11.7. The van der Waals surface area contributed by atoms with Crippen molar-refractivity contribution in [2.24, 2.45) is 0 Å². The minimum absolute atomic E-state index is 0.545. The first-order valence-electron chi connectivity index (χ1n) is 7.72. The Morgan fingerprint density at radius 3 is 2.58 bits per heavy atom. The van der Waals surface area contributed by atoms with Crippen molar-refractivity contribution in [3.8, 4) is 5.69 Å². The molecule has 0 aliphatic rings. The minimum Gasteiger partial charge on any atom is -0.280 e. The number of hydrogen-bond donors (Lipinski definition) is 0. The van der Waals surface area contributed by atoms with Crippen LogP contribution in [0.4, 0.5) is 0 Å². The van der Waals surface area contributed by atoms with Crippen molar-refractivity contribution in [1.29, 1.82) is 0 Å². The molecule has 0 unspecified atom stereocenters. The zero-order valence-electron chi connectivity index (χ0n) is 13.3. The summed E-state index contributed by atoms with van der Waals surface area (Å²) in [6.07, 6.45) is 0. The summed E-state index contributed by atoms with van der Waals surface area (Å²) in [6, 6.07) is 17.8. The summed E-state index contributed by atoms with van der Waals surface area (Å²) >= 11 is 11.6. The number of nitrogens with zero attached hydrogens (tertiary/aromatic N) is 5. The molecule has 0 bridgehead atoms. The Morgan fingerprint density at radius 2 is 1.88 bits per heavy atom. The van der Waals surface area contributed by atoms with Crippen LogP contribution in [0.3, 0.4) is 0 Å². The molecule has 0 amide bonds. The molecule has 7 heteroatoms. The van der Waals surface area contributed by atoms with Gasteiger partial charge in [-0.3, -0.25) is 4.90 Å². The predicted molar refractivity (Wildman–Crippen MR) is 97.7 cm³/mol. The van der Waals surface area contributed by atoms with E-state index in [0.717, 1.165) is 18.8 Å². The van der Waals surface area contributed by atoms with Crippen LogP contribution in [-0.4, -0.2) is 31.2 Å². The van der Waals surface area contributed by atoms with Crippen molar-refractivity contribution in [1.82, 2.24) is 24.7 Å². The summed E-state index contributed by atoms with van der Waals surface area (Å²) < 4.78 is 3.89. The number of benzene rings is 2. The van der Waals surface area contributed by atoms with Gasteiger partial charge >= 0.3 is 0 Å². The van der Waals surface area contributed by atoms with Crippen molar-refractivity contribution in [2.45, 2.75) is 20.1 Å². The predicted octanol–water partition coefficient (Wildman–Crippen LogP) is 3.93. The van der Waals surface area contributed by atoms with Crippen LogP contribution in [0.2, 0.25) is 5.02 Å². The average molecular weight is 360 g/mol. The standard InChI is InChI=1S/C17H18ClN5S/c1-2-21(12-14-7-4-3-5-8-14)13-22-17(24)23(20-19-22)16-10-6-9-15(18)11-16/h3-11H,2,12-13H2,1H3. The molecule has 24 heavy (non-hydrogen) atoms. The topological polar surface area (TPSA) is 38.9 Å². The molecule has 1 heterocycles. The highest BCUT2D eigenvalue weighted by Gasteiger charge is 2.10. The molecule has 0 spiro atoms. The number of rotatable bonds is 6. The van der Waals surface area contributed by atoms with Crippen molar-refractivity contribution in [2.75, 3.05) is 6.54 Å². The first-order valence-corrected chi connectivity index (χ1v) is 8.51. The Labute approximate surface area is 151 Å². The summed E-state index contributed by atoms with van der Waals surface area (Å²) in [4.78, 5) is 2.25. The molecule has 0 fully saturated rings. The summed E-state index contributed by atoms with van der Waals surface area (Å²) in [5, 5.41) is 9.00. The van der Waals surface area contributed by atoms with Crippen LogP contribution in [0.25, 0.3) is 5.69 Å². The van der Waals surface area contributed by atoms with E-state index < -0.39 is 0 Å². The van der Waals surface area contributed by atoms with Gasteiger partial charge in [0.1, 0.15) is 0 Å². The molecule has 0 aliphatic heterocycles.